The van der Waals surface area contributed by atoms with Gasteiger partial charge in [0.25, 0.3) is 0 Å². The summed E-state index contributed by atoms with van der Waals surface area (Å²) in [7, 11) is 0. The number of rotatable bonds is 4. The Labute approximate surface area is 299 Å². The molecule has 0 saturated heterocycles. The van der Waals surface area contributed by atoms with Crippen LogP contribution in [0.1, 0.15) is 8.22 Å². The lowest BCUT2D eigenvalue weighted by molar-refractivity contribution is 0.668. The van der Waals surface area contributed by atoms with E-state index in [2.05, 4.69) is 0 Å². The van der Waals surface area contributed by atoms with Crippen LogP contribution in [0.15, 0.2) is 166 Å². The molecule has 0 amide bonds. The Morgan fingerprint density at radius 1 is 0.431 bits per heavy atom. The fourth-order valence-corrected chi connectivity index (χ4v) is 7.10. The zero-order chi connectivity index (χ0) is 38.7. The summed E-state index contributed by atoms with van der Waals surface area (Å²) >= 11 is 0. The third-order valence-corrected chi connectivity index (χ3v) is 9.41. The number of nitrogens with zero attached hydrogens (tertiary/aromatic N) is 4. The van der Waals surface area contributed by atoms with Crippen molar-refractivity contribution in [2.24, 2.45) is 0 Å². The summed E-state index contributed by atoms with van der Waals surface area (Å²) in [4.78, 5) is 14.8. The zero-order valence-electron chi connectivity index (χ0n) is 32.7. The molecular weight excluding hydrogens is 629 g/mol. The summed E-state index contributed by atoms with van der Waals surface area (Å²) in [6.45, 7) is 0. The van der Waals surface area contributed by atoms with Gasteiger partial charge in [0.2, 0.25) is 0 Å². The minimum atomic E-state index is -0.167. The molecule has 0 spiro atoms. The minimum absolute atomic E-state index is 0.0287. The van der Waals surface area contributed by atoms with Gasteiger partial charge in [-0.3, -0.25) is 0 Å². The second kappa shape index (κ2) is 10.7. The average Bonchev–Trinajstić information content (AvgIpc) is 3.92. The molecule has 4 aromatic heterocycles. The number of furan rings is 2. The fraction of sp³-hybridized carbons (Fsp3) is 0. The van der Waals surface area contributed by atoms with Crippen LogP contribution in [-0.4, -0.2) is 19.5 Å². The molecule has 0 N–H and O–H groups in total. The van der Waals surface area contributed by atoms with E-state index in [-0.39, 0.29) is 58.1 Å². The van der Waals surface area contributed by atoms with Gasteiger partial charge in [-0.1, -0.05) is 103 Å². The van der Waals surface area contributed by atoms with E-state index < -0.39 is 0 Å². The van der Waals surface area contributed by atoms with Crippen LogP contribution in [-0.2, 0) is 0 Å². The van der Waals surface area contributed by atoms with Crippen LogP contribution in [0, 0.1) is 0 Å². The third kappa shape index (κ3) is 4.26. The number of benzene rings is 7. The molecule has 51 heavy (non-hydrogen) atoms. The summed E-state index contributed by atoms with van der Waals surface area (Å²) in [5.74, 6) is 1.42. The van der Waals surface area contributed by atoms with Crippen LogP contribution in [0.25, 0.3) is 106 Å². The van der Waals surface area contributed by atoms with Gasteiger partial charge in [0.15, 0.2) is 17.5 Å². The quantitative estimate of drug-likeness (QED) is 0.188. The molecule has 11 aromatic rings. The van der Waals surface area contributed by atoms with Gasteiger partial charge in [-0.2, -0.15) is 0 Å². The summed E-state index contributed by atoms with van der Waals surface area (Å²) in [6, 6.07) is 36.8. The molecule has 6 nitrogen and oxygen atoms in total. The lowest BCUT2D eigenvalue weighted by Gasteiger charge is -2.10. The van der Waals surface area contributed by atoms with Crippen LogP contribution in [0.3, 0.4) is 0 Å². The van der Waals surface area contributed by atoms with E-state index in [0.29, 0.717) is 45.3 Å². The molecule has 0 aliphatic carbocycles. The molecule has 0 atom stereocenters. The molecule has 11 rings (SSSR count). The van der Waals surface area contributed by atoms with Crippen molar-refractivity contribution in [3.05, 3.63) is 158 Å². The van der Waals surface area contributed by atoms with Gasteiger partial charge >= 0.3 is 0 Å². The largest absolute Gasteiger partial charge is 0.456 e. The van der Waals surface area contributed by atoms with E-state index in [1.54, 1.807) is 4.57 Å². The number of fused-ring (bicyclic) bond motifs is 9. The highest BCUT2D eigenvalue weighted by atomic mass is 16.3. The predicted octanol–water partition coefficient (Wildman–Crippen LogP) is 11.8. The maximum Gasteiger partial charge on any atom is 0.164 e. The van der Waals surface area contributed by atoms with Crippen LogP contribution in [0.4, 0.5) is 0 Å². The Kier molecular flexibility index (Phi) is 4.74. The molecule has 0 bridgehead atoms. The Morgan fingerprint density at radius 2 is 1.00 bits per heavy atom. The van der Waals surface area contributed by atoms with Gasteiger partial charge in [-0.25, -0.2) is 15.0 Å². The molecule has 7 aromatic carbocycles. The molecule has 0 aliphatic heterocycles. The van der Waals surface area contributed by atoms with Crippen molar-refractivity contribution < 1.29 is 17.1 Å². The van der Waals surface area contributed by atoms with Crippen molar-refractivity contribution in [2.75, 3.05) is 0 Å². The Hall–Kier alpha value is -7.05. The standard InChI is InChI=1S/C45H26N4O2/c1-2-11-27(12-3-1)43-46-44(28-21-23-33-32-15-6-9-19-38(32)50-40(33)25-28)48-45(47-43)29-22-24-34-41(26-29)51-39-20-10-18-37(42(34)39)49-35-16-7-4-13-30(35)31-14-5-8-17-36(31)49/h1-26H/i4D,5D,13D,14D,16D,17D. The highest BCUT2D eigenvalue weighted by molar-refractivity contribution is 6.14. The summed E-state index contributed by atoms with van der Waals surface area (Å²) < 4.78 is 66.7. The SMILES string of the molecule is [2H]c1cc([2H])c2c(c1[2H])c1c([2H])c([2H])cc([2H])c1n2-c1cccc2oc3cc(-c4nc(-c5ccccc5)nc(-c5ccc6c(c5)oc5ccccc56)n4)ccc3c12. The molecular formula is C45H26N4O2. The Bertz CT molecular complexity index is 3430. The smallest absolute Gasteiger partial charge is 0.164 e. The number of aromatic nitrogens is 4. The highest BCUT2D eigenvalue weighted by Crippen LogP contribution is 2.40. The first-order valence-electron chi connectivity index (χ1n) is 19.4. The van der Waals surface area contributed by atoms with Gasteiger partial charge in [0.05, 0.1) is 30.3 Å². The number of hydrogen-bond donors (Lipinski definition) is 0. The number of para-hydroxylation sites is 3. The fourth-order valence-electron chi connectivity index (χ4n) is 7.10. The number of hydrogen-bond acceptors (Lipinski definition) is 5. The topological polar surface area (TPSA) is 69.9 Å². The van der Waals surface area contributed by atoms with E-state index in [9.17, 15) is 0 Å². The van der Waals surface area contributed by atoms with Crippen molar-refractivity contribution in [3.63, 3.8) is 0 Å². The first-order chi connectivity index (χ1) is 27.7. The van der Waals surface area contributed by atoms with Crippen LogP contribution < -0.4 is 0 Å². The van der Waals surface area contributed by atoms with Gasteiger partial charge in [0.1, 0.15) is 22.3 Å². The van der Waals surface area contributed by atoms with E-state index in [1.807, 2.05) is 109 Å². The van der Waals surface area contributed by atoms with E-state index in [0.717, 1.165) is 38.5 Å². The minimum Gasteiger partial charge on any atom is -0.456 e. The highest BCUT2D eigenvalue weighted by Gasteiger charge is 2.19. The third-order valence-electron chi connectivity index (χ3n) is 9.41. The molecule has 0 aliphatic rings. The average molecular weight is 661 g/mol. The van der Waals surface area contributed by atoms with Crippen molar-refractivity contribution in [1.82, 2.24) is 19.5 Å². The maximum absolute atomic E-state index is 8.96. The van der Waals surface area contributed by atoms with Crippen LogP contribution in [0.5, 0.6) is 0 Å². The van der Waals surface area contributed by atoms with Gasteiger partial charge in [-0.05, 0) is 54.5 Å². The monoisotopic (exact) mass is 660 g/mol. The molecule has 6 heteroatoms. The van der Waals surface area contributed by atoms with E-state index >= 15 is 0 Å². The van der Waals surface area contributed by atoms with Crippen LogP contribution in [0.2, 0.25) is 0 Å². The first kappa shape index (κ1) is 22.6. The first-order valence-corrected chi connectivity index (χ1v) is 16.4. The van der Waals surface area contributed by atoms with Crippen molar-refractivity contribution >= 4 is 65.7 Å². The summed E-state index contributed by atoms with van der Waals surface area (Å²) in [5, 5.41) is 3.87. The van der Waals surface area contributed by atoms with Gasteiger partial charge < -0.3 is 13.4 Å². The maximum atomic E-state index is 8.96. The summed E-state index contributed by atoms with van der Waals surface area (Å²) in [5.41, 5.74) is 6.05. The second-order valence-corrected chi connectivity index (χ2v) is 12.3. The van der Waals surface area contributed by atoms with Gasteiger partial charge in [-0.15, -0.1) is 0 Å². The zero-order valence-corrected chi connectivity index (χ0v) is 26.7. The Morgan fingerprint density at radius 3 is 1.73 bits per heavy atom. The second-order valence-electron chi connectivity index (χ2n) is 12.3. The molecule has 0 saturated carbocycles. The van der Waals surface area contributed by atoms with Crippen molar-refractivity contribution in [1.29, 1.82) is 0 Å². The van der Waals surface area contributed by atoms with Crippen LogP contribution >= 0.6 is 0 Å². The molecule has 0 radical (unpaired) electrons. The van der Waals surface area contributed by atoms with Crippen molar-refractivity contribution in [2.45, 2.75) is 0 Å². The molecule has 4 heterocycles. The molecule has 0 unspecified atom stereocenters. The Balaban J connectivity index is 1.12. The van der Waals surface area contributed by atoms with Crippen molar-refractivity contribution in [3.8, 4) is 39.9 Å². The predicted molar refractivity (Wildman–Crippen MR) is 205 cm³/mol. The van der Waals surface area contributed by atoms with Gasteiger partial charge in [0, 0.05) is 43.6 Å². The molecule has 0 fully saturated rings. The summed E-state index contributed by atoms with van der Waals surface area (Å²) in [6.07, 6.45) is 0. The normalized spacial score (nSPS) is 13.6. The van der Waals surface area contributed by atoms with E-state index in [4.69, 9.17) is 32.0 Å². The lowest BCUT2D eigenvalue weighted by atomic mass is 10.1. The lowest BCUT2D eigenvalue weighted by Crippen LogP contribution is -2.00. The molecule has 238 valence electrons. The van der Waals surface area contributed by atoms with E-state index in [1.165, 1.54) is 12.1 Å².